The Bertz CT molecular complexity index is 1970. The van der Waals surface area contributed by atoms with E-state index in [1.807, 2.05) is 24.3 Å². The van der Waals surface area contributed by atoms with Gasteiger partial charge in [0.2, 0.25) is 5.91 Å². The molecule has 1 aromatic heterocycles. The summed E-state index contributed by atoms with van der Waals surface area (Å²) in [6.07, 6.45) is 5.12. The minimum Gasteiger partial charge on any atom is -0.492 e. The van der Waals surface area contributed by atoms with Crippen molar-refractivity contribution >= 4 is 29.1 Å². The van der Waals surface area contributed by atoms with Crippen LogP contribution in [0.4, 0.5) is 0 Å². The summed E-state index contributed by atoms with van der Waals surface area (Å²) < 4.78 is 19.0. The minimum atomic E-state index is -0.919. The fraction of sp³-hybridized carbons (Fsp3) is 0.375. The predicted molar refractivity (Wildman–Crippen MR) is 202 cm³/mol. The normalized spacial score (nSPS) is 15.8. The maximum Gasteiger partial charge on any atom is 0.234 e. The number of aliphatic hydroxyl groups is 2. The Kier molecular flexibility index (Phi) is 12.7. The molecule has 278 valence electrons. The zero-order chi connectivity index (χ0) is 37.4. The van der Waals surface area contributed by atoms with Gasteiger partial charge in [-0.15, -0.1) is 0 Å². The van der Waals surface area contributed by atoms with E-state index in [0.717, 1.165) is 54.6 Å². The number of carbonyl (C=O) groups excluding carboxylic acids is 1. The van der Waals surface area contributed by atoms with E-state index >= 15 is 0 Å². The number of ether oxygens (including phenoxy) is 3. The highest BCUT2D eigenvalue weighted by atomic mass is 35.5. The molecule has 1 aliphatic carbocycles. The summed E-state index contributed by atoms with van der Waals surface area (Å²) in [4.78, 5) is 17.9. The summed E-state index contributed by atoms with van der Waals surface area (Å²) in [5.74, 6) is 1.61. The van der Waals surface area contributed by atoms with Crippen LogP contribution < -0.4 is 24.8 Å². The van der Waals surface area contributed by atoms with Gasteiger partial charge in [-0.2, -0.15) is 5.26 Å². The van der Waals surface area contributed by atoms with E-state index in [2.05, 4.69) is 38.7 Å². The van der Waals surface area contributed by atoms with Crippen molar-refractivity contribution in [2.75, 3.05) is 46.0 Å². The van der Waals surface area contributed by atoms with E-state index in [1.54, 1.807) is 31.3 Å². The molecule has 1 amide bonds. The summed E-state index contributed by atoms with van der Waals surface area (Å²) >= 11 is 13.8. The minimum absolute atomic E-state index is 0.0547. The van der Waals surface area contributed by atoms with Gasteiger partial charge in [0, 0.05) is 61.3 Å². The van der Waals surface area contributed by atoms with Crippen LogP contribution in [0.1, 0.15) is 53.7 Å². The summed E-state index contributed by atoms with van der Waals surface area (Å²) in [5.41, 5.74) is 5.01. The fourth-order valence-electron chi connectivity index (χ4n) is 6.53. The summed E-state index contributed by atoms with van der Waals surface area (Å²) in [5, 5.41) is 35.9. The second-order valence-electron chi connectivity index (χ2n) is 13.6. The molecule has 53 heavy (non-hydrogen) atoms. The Morgan fingerprint density at radius 2 is 1.87 bits per heavy atom. The van der Waals surface area contributed by atoms with E-state index < -0.39 is 5.54 Å². The summed E-state index contributed by atoms with van der Waals surface area (Å²) in [6, 6.07) is 19.3. The number of aliphatic hydroxyl groups excluding tert-OH is 2. The van der Waals surface area contributed by atoms with Crippen LogP contribution in [-0.4, -0.2) is 77.5 Å². The summed E-state index contributed by atoms with van der Waals surface area (Å²) in [7, 11) is 0. The Balaban J connectivity index is 1.19. The second kappa shape index (κ2) is 17.6. The molecule has 0 bridgehead atoms. The number of rotatable bonds is 16. The van der Waals surface area contributed by atoms with E-state index in [0.29, 0.717) is 63.7 Å². The number of hydrogen-bond donors (Lipinski definition) is 4. The van der Waals surface area contributed by atoms with Gasteiger partial charge in [0.25, 0.3) is 0 Å². The maximum atomic E-state index is 11.7. The number of nitrogens with one attached hydrogen (secondary N) is 2. The van der Waals surface area contributed by atoms with Gasteiger partial charge in [0.05, 0.1) is 47.5 Å². The number of halogens is 2. The van der Waals surface area contributed by atoms with E-state index in [4.69, 9.17) is 37.4 Å². The molecule has 0 saturated carbocycles. The summed E-state index contributed by atoms with van der Waals surface area (Å²) in [6.45, 7) is 4.75. The first-order valence-corrected chi connectivity index (χ1v) is 18.4. The van der Waals surface area contributed by atoms with Gasteiger partial charge in [0.15, 0.2) is 0 Å². The zero-order valence-corrected chi connectivity index (χ0v) is 31.1. The number of amides is 1. The Labute approximate surface area is 319 Å². The molecule has 6 rings (SSSR count). The third kappa shape index (κ3) is 9.40. The highest BCUT2D eigenvalue weighted by Gasteiger charge is 2.29. The van der Waals surface area contributed by atoms with Gasteiger partial charge >= 0.3 is 0 Å². The number of nitriles is 1. The van der Waals surface area contributed by atoms with Crippen LogP contribution in [0.3, 0.4) is 0 Å². The van der Waals surface area contributed by atoms with Crippen molar-refractivity contribution < 1.29 is 29.2 Å². The molecule has 0 unspecified atom stereocenters. The molecule has 4 N–H and O–H groups in total. The first-order chi connectivity index (χ1) is 25.7. The number of hydrogen-bond acceptors (Lipinski definition) is 10. The van der Waals surface area contributed by atoms with Crippen molar-refractivity contribution in [1.82, 2.24) is 20.5 Å². The number of aromatic nitrogens is 1. The molecule has 13 heteroatoms. The topological polar surface area (TPSA) is 149 Å². The Morgan fingerprint density at radius 1 is 1.06 bits per heavy atom. The van der Waals surface area contributed by atoms with Crippen molar-refractivity contribution in [2.24, 2.45) is 0 Å². The molecule has 1 aliphatic heterocycles. The number of benzene rings is 3. The molecule has 11 nitrogen and oxygen atoms in total. The smallest absolute Gasteiger partial charge is 0.234 e. The average molecular weight is 761 g/mol. The standard InChI is InChI=1S/C40H43Cl2N5O6/c1-40(24-48,25-49)46-21-28-16-33(41)37(17-36(28)52-23-27-15-26(18-43)19-44-20-27)53-34-10-9-30-29(5-2-6-31(30)34)32-7-3-8-35(39(32)42)51-14-4-12-47-13-11-45-38(50)22-47/h2-3,5-8,15-17,19-20,34,46,48-49H,4,9-14,21-25H2,1H3,(H,45,50)/t34-/m0/s1. The van der Waals surface area contributed by atoms with Crippen LogP contribution in [0.25, 0.3) is 11.1 Å². The van der Waals surface area contributed by atoms with Crippen LogP contribution in [0.2, 0.25) is 10.0 Å². The zero-order valence-electron chi connectivity index (χ0n) is 29.5. The molecule has 2 aliphatic rings. The van der Waals surface area contributed by atoms with Crippen LogP contribution in [0.5, 0.6) is 17.2 Å². The van der Waals surface area contributed by atoms with Crippen LogP contribution >= 0.6 is 23.2 Å². The Morgan fingerprint density at radius 3 is 2.66 bits per heavy atom. The number of fused-ring (bicyclic) bond motifs is 1. The molecule has 0 spiro atoms. The molecular weight excluding hydrogens is 717 g/mol. The lowest BCUT2D eigenvalue weighted by molar-refractivity contribution is -0.124. The number of carbonyl (C=O) groups is 1. The largest absolute Gasteiger partial charge is 0.492 e. The van der Waals surface area contributed by atoms with Crippen molar-refractivity contribution in [3.8, 4) is 34.4 Å². The second-order valence-corrected chi connectivity index (χ2v) is 14.4. The molecule has 0 radical (unpaired) electrons. The number of piperazine rings is 1. The van der Waals surface area contributed by atoms with Crippen LogP contribution in [-0.2, 0) is 24.4 Å². The molecule has 1 atom stereocenters. The fourth-order valence-corrected chi connectivity index (χ4v) is 7.04. The van der Waals surface area contributed by atoms with Gasteiger partial charge in [0.1, 0.15) is 36.0 Å². The predicted octanol–water partition coefficient (Wildman–Crippen LogP) is 5.61. The maximum absolute atomic E-state index is 11.7. The molecule has 1 fully saturated rings. The van der Waals surface area contributed by atoms with Crippen molar-refractivity contribution in [1.29, 1.82) is 5.26 Å². The van der Waals surface area contributed by atoms with Crippen molar-refractivity contribution in [3.63, 3.8) is 0 Å². The van der Waals surface area contributed by atoms with Gasteiger partial charge < -0.3 is 35.1 Å². The first kappa shape index (κ1) is 38.3. The molecular formula is C40H43Cl2N5O6. The van der Waals surface area contributed by atoms with Gasteiger partial charge in [-0.25, -0.2) is 0 Å². The molecule has 3 aromatic carbocycles. The monoisotopic (exact) mass is 759 g/mol. The number of pyridine rings is 1. The number of nitrogens with zero attached hydrogens (tertiary/aromatic N) is 3. The average Bonchev–Trinajstić information content (AvgIpc) is 3.59. The lowest BCUT2D eigenvalue weighted by Gasteiger charge is -2.27. The van der Waals surface area contributed by atoms with E-state index in [-0.39, 0.29) is 38.4 Å². The third-order valence-electron chi connectivity index (χ3n) is 9.57. The van der Waals surface area contributed by atoms with Crippen molar-refractivity contribution in [2.45, 2.75) is 51.0 Å². The SMILES string of the molecule is CC(CO)(CO)NCc1cc(Cl)c(O[C@H]2CCc3c(-c4cccc(OCCCN5CCNC(=O)C5)c4Cl)cccc32)cc1OCc1cncc(C#N)c1. The molecule has 2 heterocycles. The lowest BCUT2D eigenvalue weighted by atomic mass is 9.96. The quantitative estimate of drug-likeness (QED) is 0.106. The highest BCUT2D eigenvalue weighted by Crippen LogP contribution is 2.45. The Hall–Kier alpha value is -4.41. The van der Waals surface area contributed by atoms with E-state index in [9.17, 15) is 20.3 Å². The van der Waals surface area contributed by atoms with Crippen molar-refractivity contribution in [3.05, 3.63) is 105 Å². The van der Waals surface area contributed by atoms with Crippen LogP contribution in [0, 0.1) is 11.3 Å². The van der Waals surface area contributed by atoms with Crippen LogP contribution in [0.15, 0.2) is 67.0 Å². The van der Waals surface area contributed by atoms with Gasteiger partial charge in [-0.05, 0) is 61.1 Å². The lowest BCUT2D eigenvalue weighted by Crippen LogP contribution is -2.48. The first-order valence-electron chi connectivity index (χ1n) is 17.7. The highest BCUT2D eigenvalue weighted by molar-refractivity contribution is 6.35. The molecule has 4 aromatic rings. The van der Waals surface area contributed by atoms with Gasteiger partial charge in [-0.1, -0.05) is 53.5 Å². The van der Waals surface area contributed by atoms with Gasteiger partial charge in [-0.3, -0.25) is 14.7 Å². The van der Waals surface area contributed by atoms with E-state index in [1.165, 1.54) is 6.20 Å². The molecule has 1 saturated heterocycles. The third-order valence-corrected chi connectivity index (χ3v) is 10.3.